The molecule has 0 spiro atoms. The second kappa shape index (κ2) is 10.2. The third-order valence-electron chi connectivity index (χ3n) is 4.91. The van der Waals surface area contributed by atoms with Crippen LogP contribution in [0, 0.1) is 10.1 Å². The number of hydrogen-bond acceptors (Lipinski definition) is 6. The van der Waals surface area contributed by atoms with Gasteiger partial charge in [-0.1, -0.05) is 19.3 Å². The molecule has 27 heavy (non-hydrogen) atoms. The summed E-state index contributed by atoms with van der Waals surface area (Å²) in [5.74, 6) is 0.310. The van der Waals surface area contributed by atoms with Gasteiger partial charge in [0.25, 0.3) is 5.69 Å². The average molecular weight is 380 g/mol. The molecule has 1 fully saturated rings. The molecule has 8 heteroatoms. The molecule has 2 N–H and O–H groups in total. The van der Waals surface area contributed by atoms with Gasteiger partial charge in [-0.25, -0.2) is 0 Å². The fraction of sp³-hybridized carbons (Fsp3) is 0.632. The maximum Gasteiger partial charge on any atom is 0.275 e. The van der Waals surface area contributed by atoms with Gasteiger partial charge in [-0.2, -0.15) is 0 Å². The van der Waals surface area contributed by atoms with E-state index in [0.29, 0.717) is 12.3 Å². The van der Waals surface area contributed by atoms with Crippen LogP contribution in [0.5, 0.6) is 5.75 Å². The minimum atomic E-state index is -0.998. The zero-order valence-corrected chi connectivity index (χ0v) is 15.7. The average Bonchev–Trinajstić information content (AvgIpc) is 2.66. The van der Waals surface area contributed by atoms with E-state index in [1.807, 2.05) is 0 Å². The molecule has 2 rings (SSSR count). The minimum Gasteiger partial charge on any atom is -0.493 e. The van der Waals surface area contributed by atoms with Crippen LogP contribution in [0.15, 0.2) is 18.2 Å². The second-order valence-electron chi connectivity index (χ2n) is 6.85. The van der Waals surface area contributed by atoms with Crippen molar-refractivity contribution < 1.29 is 24.7 Å². The van der Waals surface area contributed by atoms with E-state index in [1.54, 1.807) is 4.90 Å². The molecule has 1 atom stereocenters. The number of carbonyl (C=O) groups is 1. The number of rotatable bonds is 9. The van der Waals surface area contributed by atoms with E-state index in [-0.39, 0.29) is 42.8 Å². The molecule has 150 valence electrons. The van der Waals surface area contributed by atoms with Gasteiger partial charge < -0.3 is 19.8 Å². The van der Waals surface area contributed by atoms with Crippen molar-refractivity contribution in [3.05, 3.63) is 33.9 Å². The molecule has 0 aliphatic heterocycles. The first-order valence-corrected chi connectivity index (χ1v) is 9.43. The van der Waals surface area contributed by atoms with Crippen LogP contribution < -0.4 is 4.74 Å². The zero-order chi connectivity index (χ0) is 19.8. The number of carbonyl (C=O) groups excluding carboxylic acids is 1. The topological polar surface area (TPSA) is 113 Å². The van der Waals surface area contributed by atoms with Gasteiger partial charge in [-0.05, 0) is 31.9 Å². The summed E-state index contributed by atoms with van der Waals surface area (Å²) in [6, 6.07) is 4.36. The molecule has 8 nitrogen and oxygen atoms in total. The minimum absolute atomic E-state index is 0.0615. The van der Waals surface area contributed by atoms with Gasteiger partial charge in [0.1, 0.15) is 5.75 Å². The lowest BCUT2D eigenvalue weighted by Gasteiger charge is -2.34. The number of hydrogen-bond donors (Lipinski definition) is 2. The predicted molar refractivity (Wildman–Crippen MR) is 99.5 cm³/mol. The largest absolute Gasteiger partial charge is 0.493 e. The number of aliphatic hydroxyl groups is 2. The van der Waals surface area contributed by atoms with Crippen LogP contribution in [0.1, 0.15) is 57.1 Å². The van der Waals surface area contributed by atoms with Crippen molar-refractivity contribution in [1.82, 2.24) is 4.90 Å². The number of amides is 1. The SMILES string of the molecule is CC(O)c1cc(OCCC(=O)N(CCO)C2CCCCC2)ccc1[N+](=O)[O-]. The Morgan fingerprint density at radius 1 is 1.37 bits per heavy atom. The maximum absolute atomic E-state index is 12.5. The summed E-state index contributed by atoms with van der Waals surface area (Å²) in [5.41, 5.74) is 0.00721. The standard InChI is InChI=1S/C19H28N2O6/c1-14(23)17-13-16(7-8-18(17)21(25)26)27-12-9-19(24)20(10-11-22)15-5-3-2-4-6-15/h7-8,13-15,22-23H,2-6,9-12H2,1H3. The number of nitrogens with zero attached hydrogens (tertiary/aromatic N) is 2. The summed E-state index contributed by atoms with van der Waals surface area (Å²) in [4.78, 5) is 24.8. The van der Waals surface area contributed by atoms with Crippen LogP contribution in [0.2, 0.25) is 0 Å². The van der Waals surface area contributed by atoms with Crippen molar-refractivity contribution in [3.8, 4) is 5.75 Å². The number of aliphatic hydroxyl groups excluding tert-OH is 2. The number of ether oxygens (including phenoxy) is 1. The summed E-state index contributed by atoms with van der Waals surface area (Å²) in [7, 11) is 0. The van der Waals surface area contributed by atoms with Gasteiger partial charge >= 0.3 is 0 Å². The molecule has 0 heterocycles. The zero-order valence-electron chi connectivity index (χ0n) is 15.7. The Labute approximate surface area is 158 Å². The van der Waals surface area contributed by atoms with Crippen LogP contribution in [0.4, 0.5) is 5.69 Å². The molecule has 1 aliphatic carbocycles. The van der Waals surface area contributed by atoms with Crippen molar-refractivity contribution in [3.63, 3.8) is 0 Å². The van der Waals surface area contributed by atoms with E-state index in [9.17, 15) is 25.1 Å². The molecule has 1 aliphatic rings. The first-order chi connectivity index (χ1) is 12.9. The van der Waals surface area contributed by atoms with Crippen LogP contribution in [-0.4, -0.2) is 51.7 Å². The molecular formula is C19H28N2O6. The monoisotopic (exact) mass is 380 g/mol. The summed E-state index contributed by atoms with van der Waals surface area (Å²) in [5, 5.41) is 30.0. The number of benzene rings is 1. The lowest BCUT2D eigenvalue weighted by atomic mass is 9.94. The van der Waals surface area contributed by atoms with Crippen LogP contribution in [0.3, 0.4) is 0 Å². The third-order valence-corrected chi connectivity index (χ3v) is 4.91. The van der Waals surface area contributed by atoms with Gasteiger partial charge in [0.05, 0.1) is 36.2 Å². The molecule has 1 aromatic carbocycles. The summed E-state index contributed by atoms with van der Waals surface area (Å²) in [6.07, 6.45) is 4.48. The molecule has 1 aromatic rings. The van der Waals surface area contributed by atoms with E-state index < -0.39 is 11.0 Å². The number of nitro groups is 1. The Morgan fingerprint density at radius 3 is 2.67 bits per heavy atom. The summed E-state index contributed by atoms with van der Waals surface area (Å²) >= 11 is 0. The lowest BCUT2D eigenvalue weighted by Crippen LogP contribution is -2.43. The molecule has 0 radical (unpaired) electrons. The first kappa shape index (κ1) is 21.1. The quantitative estimate of drug-likeness (QED) is 0.503. The molecule has 0 aromatic heterocycles. The van der Waals surface area contributed by atoms with E-state index in [4.69, 9.17) is 4.74 Å². The van der Waals surface area contributed by atoms with E-state index in [1.165, 1.54) is 31.5 Å². The smallest absolute Gasteiger partial charge is 0.275 e. The predicted octanol–water partition coefficient (Wildman–Crippen LogP) is 2.57. The second-order valence-corrected chi connectivity index (χ2v) is 6.85. The Kier molecular flexibility index (Phi) is 7.99. The van der Waals surface area contributed by atoms with Crippen molar-refractivity contribution >= 4 is 11.6 Å². The molecular weight excluding hydrogens is 352 g/mol. The van der Waals surface area contributed by atoms with Crippen molar-refractivity contribution in [2.45, 2.75) is 57.6 Å². The van der Waals surface area contributed by atoms with Gasteiger partial charge in [-0.3, -0.25) is 14.9 Å². The van der Waals surface area contributed by atoms with Gasteiger partial charge in [-0.15, -0.1) is 0 Å². The Bertz CT molecular complexity index is 643. The third kappa shape index (κ3) is 5.90. The molecule has 0 bridgehead atoms. The van der Waals surface area contributed by atoms with Crippen LogP contribution in [0.25, 0.3) is 0 Å². The molecule has 1 amide bonds. The van der Waals surface area contributed by atoms with Gasteiger partial charge in [0.15, 0.2) is 0 Å². The Balaban J connectivity index is 1.94. The fourth-order valence-corrected chi connectivity index (χ4v) is 3.53. The highest BCUT2D eigenvalue weighted by molar-refractivity contribution is 5.76. The first-order valence-electron chi connectivity index (χ1n) is 9.43. The van der Waals surface area contributed by atoms with E-state index in [2.05, 4.69) is 0 Å². The van der Waals surface area contributed by atoms with Gasteiger partial charge in [0.2, 0.25) is 5.91 Å². The van der Waals surface area contributed by atoms with Crippen LogP contribution in [-0.2, 0) is 4.79 Å². The Hall–Kier alpha value is -2.19. The highest BCUT2D eigenvalue weighted by Crippen LogP contribution is 2.29. The van der Waals surface area contributed by atoms with Crippen molar-refractivity contribution in [1.29, 1.82) is 0 Å². The van der Waals surface area contributed by atoms with Crippen LogP contribution >= 0.6 is 0 Å². The number of nitro benzene ring substituents is 1. The molecule has 1 saturated carbocycles. The van der Waals surface area contributed by atoms with E-state index >= 15 is 0 Å². The van der Waals surface area contributed by atoms with Crippen molar-refractivity contribution in [2.75, 3.05) is 19.8 Å². The lowest BCUT2D eigenvalue weighted by molar-refractivity contribution is -0.386. The summed E-state index contributed by atoms with van der Waals surface area (Å²) in [6.45, 7) is 1.84. The molecule has 1 unspecified atom stereocenters. The highest BCUT2D eigenvalue weighted by Gasteiger charge is 2.25. The van der Waals surface area contributed by atoms with Gasteiger partial charge in [0, 0.05) is 18.7 Å². The van der Waals surface area contributed by atoms with E-state index in [0.717, 1.165) is 25.7 Å². The van der Waals surface area contributed by atoms with Crippen molar-refractivity contribution in [2.24, 2.45) is 0 Å². The highest BCUT2D eigenvalue weighted by atomic mass is 16.6. The summed E-state index contributed by atoms with van der Waals surface area (Å²) < 4.78 is 5.57. The Morgan fingerprint density at radius 2 is 2.07 bits per heavy atom. The molecule has 0 saturated heterocycles. The fourth-order valence-electron chi connectivity index (χ4n) is 3.53. The maximum atomic E-state index is 12.5. The normalized spacial score (nSPS) is 16.0.